The molecule has 3 unspecified atom stereocenters. The maximum Gasteiger partial charge on any atom is 0.426 e. The zero-order valence-electron chi connectivity index (χ0n) is 18.8. The molecule has 2 amide bonds. The summed E-state index contributed by atoms with van der Waals surface area (Å²) in [7, 11) is 1.24. The van der Waals surface area contributed by atoms with Gasteiger partial charge in [-0.25, -0.2) is 18.9 Å². The number of fused-ring (bicyclic) bond motifs is 1. The summed E-state index contributed by atoms with van der Waals surface area (Å²) < 4.78 is 73.5. The number of methoxy groups -OCH3 is 1. The fourth-order valence-corrected chi connectivity index (χ4v) is 3.76. The van der Waals surface area contributed by atoms with E-state index in [9.17, 15) is 36.6 Å². The molecule has 4 rings (SSSR count). The first-order valence-corrected chi connectivity index (χ1v) is 10.4. The predicted molar refractivity (Wildman–Crippen MR) is 112 cm³/mol. The van der Waals surface area contributed by atoms with Crippen LogP contribution in [-0.4, -0.2) is 85.6 Å². The number of nitrogens with zero attached hydrogens (tertiary/aromatic N) is 5. The maximum atomic E-state index is 14.6. The van der Waals surface area contributed by atoms with Crippen LogP contribution in [0.2, 0.25) is 0 Å². The van der Waals surface area contributed by atoms with E-state index in [-0.39, 0.29) is 18.4 Å². The third-order valence-electron chi connectivity index (χ3n) is 5.78. The van der Waals surface area contributed by atoms with E-state index >= 15 is 0 Å². The Balaban J connectivity index is 1.57. The lowest BCUT2D eigenvalue weighted by atomic mass is 10.1. The second-order valence-corrected chi connectivity index (χ2v) is 8.24. The van der Waals surface area contributed by atoms with Gasteiger partial charge in [0.15, 0.2) is 0 Å². The molecule has 10 nitrogen and oxygen atoms in total. The van der Waals surface area contributed by atoms with E-state index < -0.39 is 55.0 Å². The normalized spacial score (nSPS) is 19.8. The van der Waals surface area contributed by atoms with Crippen LogP contribution in [0, 0.1) is 6.08 Å². The summed E-state index contributed by atoms with van der Waals surface area (Å²) in [6.45, 7) is -1.08. The highest BCUT2D eigenvalue weighted by Crippen LogP contribution is 2.33. The molecule has 0 radical (unpaired) electrons. The molecule has 0 spiro atoms. The number of pyridine rings is 1. The minimum atomic E-state index is -5.27. The van der Waals surface area contributed by atoms with Gasteiger partial charge in [-0.2, -0.15) is 17.6 Å². The molecular weight excluding hydrogens is 495 g/mol. The summed E-state index contributed by atoms with van der Waals surface area (Å²) in [5, 5.41) is 15.6. The van der Waals surface area contributed by atoms with Gasteiger partial charge in [-0.05, 0) is 25.1 Å². The fourth-order valence-electron chi connectivity index (χ4n) is 3.76. The van der Waals surface area contributed by atoms with Crippen LogP contribution >= 0.6 is 0 Å². The molecule has 192 valence electrons. The maximum absolute atomic E-state index is 14.6. The number of aromatic nitrogens is 4. The van der Waals surface area contributed by atoms with E-state index in [2.05, 4.69) is 20.4 Å². The average molecular weight is 514 g/mol. The molecule has 1 aliphatic rings. The summed E-state index contributed by atoms with van der Waals surface area (Å²) in [5.41, 5.74) is -2.74. The monoisotopic (exact) mass is 514 g/mol. The van der Waals surface area contributed by atoms with Crippen LogP contribution in [-0.2, 0) is 4.79 Å². The number of alkyl halides is 4. The molecule has 0 aliphatic carbocycles. The minimum Gasteiger partial charge on any atom is -0.480 e. The Hall–Kier alpha value is -3.88. The largest absolute Gasteiger partial charge is 0.480 e. The Bertz CT molecular complexity index is 1330. The second-order valence-electron chi connectivity index (χ2n) is 8.24. The highest BCUT2D eigenvalue weighted by Gasteiger charge is 2.58. The Morgan fingerprint density at radius 1 is 1.19 bits per heavy atom. The SMILES string of the molecule is COc1ncc(-c2ccc3cnc(F)nn23)cc1C(=O)NC1CN(C(=O)C(C)(O)C(F)(F)F)CC1F. The van der Waals surface area contributed by atoms with Gasteiger partial charge in [-0.3, -0.25) is 9.59 Å². The van der Waals surface area contributed by atoms with Crippen LogP contribution in [0.4, 0.5) is 22.0 Å². The van der Waals surface area contributed by atoms with Crippen molar-refractivity contribution in [3.8, 4) is 17.1 Å². The van der Waals surface area contributed by atoms with Crippen molar-refractivity contribution in [2.75, 3.05) is 20.2 Å². The highest BCUT2D eigenvalue weighted by atomic mass is 19.4. The molecule has 0 saturated carbocycles. The highest BCUT2D eigenvalue weighted by molar-refractivity contribution is 5.98. The third kappa shape index (κ3) is 4.41. The molecule has 1 fully saturated rings. The third-order valence-corrected chi connectivity index (χ3v) is 5.78. The van der Waals surface area contributed by atoms with Gasteiger partial charge in [-0.15, -0.1) is 5.10 Å². The summed E-state index contributed by atoms with van der Waals surface area (Å²) in [4.78, 5) is 33.2. The van der Waals surface area contributed by atoms with Crippen LogP contribution in [0.1, 0.15) is 17.3 Å². The summed E-state index contributed by atoms with van der Waals surface area (Å²) in [5.74, 6) is -2.75. The topological polar surface area (TPSA) is 122 Å². The van der Waals surface area contributed by atoms with E-state index in [1.165, 1.54) is 30.1 Å². The zero-order chi connectivity index (χ0) is 26.4. The van der Waals surface area contributed by atoms with Crippen molar-refractivity contribution in [3.05, 3.63) is 42.2 Å². The van der Waals surface area contributed by atoms with E-state index in [0.29, 0.717) is 21.7 Å². The van der Waals surface area contributed by atoms with Crippen LogP contribution in [0.25, 0.3) is 16.8 Å². The van der Waals surface area contributed by atoms with Crippen LogP contribution in [0.5, 0.6) is 5.88 Å². The molecule has 3 aromatic rings. The lowest BCUT2D eigenvalue weighted by molar-refractivity contribution is -0.249. The Kier molecular flexibility index (Phi) is 6.28. The number of ether oxygens (including phenoxy) is 1. The van der Waals surface area contributed by atoms with Gasteiger partial charge in [0.1, 0.15) is 11.7 Å². The van der Waals surface area contributed by atoms with E-state index in [0.717, 1.165) is 0 Å². The first-order valence-electron chi connectivity index (χ1n) is 10.4. The van der Waals surface area contributed by atoms with Crippen LogP contribution in [0.15, 0.2) is 30.6 Å². The summed E-state index contributed by atoms with van der Waals surface area (Å²) in [6.07, 6.45) is -5.57. The molecule has 1 aliphatic heterocycles. The van der Waals surface area contributed by atoms with Crippen molar-refractivity contribution >= 4 is 17.3 Å². The summed E-state index contributed by atoms with van der Waals surface area (Å²) >= 11 is 0. The number of likely N-dealkylation sites (tertiary alicyclic amines) is 1. The minimum absolute atomic E-state index is 0.140. The number of halogens is 5. The molecule has 4 heterocycles. The number of hydrogen-bond donors (Lipinski definition) is 2. The van der Waals surface area contributed by atoms with Crippen molar-refractivity contribution in [2.45, 2.75) is 30.9 Å². The van der Waals surface area contributed by atoms with Crippen molar-refractivity contribution in [1.82, 2.24) is 29.8 Å². The molecule has 3 aromatic heterocycles. The van der Waals surface area contributed by atoms with Crippen molar-refractivity contribution in [2.24, 2.45) is 0 Å². The number of aliphatic hydroxyl groups is 1. The Morgan fingerprint density at radius 3 is 2.58 bits per heavy atom. The molecule has 36 heavy (non-hydrogen) atoms. The number of rotatable bonds is 5. The molecule has 0 aromatic carbocycles. The number of amides is 2. The number of carbonyl (C=O) groups is 2. The zero-order valence-corrected chi connectivity index (χ0v) is 18.8. The quantitative estimate of drug-likeness (QED) is 0.496. The Morgan fingerprint density at radius 2 is 1.92 bits per heavy atom. The van der Waals surface area contributed by atoms with Crippen molar-refractivity contribution < 1.29 is 41.4 Å². The van der Waals surface area contributed by atoms with Gasteiger partial charge in [0.25, 0.3) is 11.8 Å². The van der Waals surface area contributed by atoms with Gasteiger partial charge >= 0.3 is 12.3 Å². The number of nitrogens with one attached hydrogen (secondary N) is 1. The summed E-state index contributed by atoms with van der Waals surface area (Å²) in [6, 6.07) is 3.16. The van der Waals surface area contributed by atoms with E-state index in [4.69, 9.17) is 4.74 Å². The van der Waals surface area contributed by atoms with E-state index in [1.807, 2.05) is 0 Å². The number of hydrogen-bond acceptors (Lipinski definition) is 7. The predicted octanol–water partition coefficient (Wildman–Crippen LogP) is 1.53. The smallest absolute Gasteiger partial charge is 0.426 e. The van der Waals surface area contributed by atoms with Crippen molar-refractivity contribution in [1.29, 1.82) is 0 Å². The number of carbonyl (C=O) groups excluding carboxylic acids is 2. The first-order chi connectivity index (χ1) is 16.8. The molecule has 1 saturated heterocycles. The van der Waals surface area contributed by atoms with Crippen molar-refractivity contribution in [3.63, 3.8) is 0 Å². The van der Waals surface area contributed by atoms with E-state index in [1.54, 1.807) is 12.1 Å². The van der Waals surface area contributed by atoms with Gasteiger partial charge in [0, 0.05) is 18.3 Å². The molecule has 2 N–H and O–H groups in total. The average Bonchev–Trinajstić information content (AvgIpc) is 3.40. The first kappa shape index (κ1) is 25.2. The van der Waals surface area contributed by atoms with Gasteiger partial charge in [0.05, 0.1) is 37.1 Å². The molecule has 0 bridgehead atoms. The molecule has 15 heteroatoms. The van der Waals surface area contributed by atoms with Gasteiger partial charge in [0.2, 0.25) is 11.5 Å². The lowest BCUT2D eigenvalue weighted by Gasteiger charge is -2.29. The van der Waals surface area contributed by atoms with Crippen LogP contribution in [0.3, 0.4) is 0 Å². The van der Waals surface area contributed by atoms with Gasteiger partial charge in [-0.1, -0.05) is 0 Å². The molecular formula is C21H19F5N6O4. The molecule has 3 atom stereocenters. The standard InChI is InChI=1S/C21H19F5N6O4/c1-20(35,21(24,25)26)18(34)31-8-13(22)14(9-31)29-16(33)12-5-10(6-27-17(12)36-2)15-4-3-11-7-28-19(23)30-32(11)15/h3-7,13-14,35H,8-9H2,1-2H3,(H,29,33). The lowest BCUT2D eigenvalue weighted by Crippen LogP contribution is -2.56. The van der Waals surface area contributed by atoms with Crippen LogP contribution < -0.4 is 10.1 Å². The fraction of sp³-hybridized carbons (Fsp3) is 0.381. The Labute approximate surface area is 199 Å². The second kappa shape index (κ2) is 8.96. The van der Waals surface area contributed by atoms with Gasteiger partial charge < -0.3 is 20.1 Å².